The molecule has 0 rings (SSSR count). The molecule has 0 radical (unpaired) electrons. The second-order valence-electron chi connectivity index (χ2n) is 3.89. The number of hydrogen-bond acceptors (Lipinski definition) is 5. The van der Waals surface area contributed by atoms with Gasteiger partial charge >= 0.3 is 0 Å². The number of nitrogens with one attached hydrogen (secondary N) is 1. The number of unbranched alkanes of at least 4 members (excludes halogenated alkanes) is 1. The smallest absolute Gasteiger partial charge is 0.217 e. The Labute approximate surface area is 109 Å². The fraction of sp³-hybridized carbons (Fsp3) is 0.917. The summed E-state index contributed by atoms with van der Waals surface area (Å²) in [5.41, 5.74) is 5.03. The molecule has 0 spiro atoms. The van der Waals surface area contributed by atoms with E-state index in [1.807, 2.05) is 0 Å². The van der Waals surface area contributed by atoms with Crippen LogP contribution in [0.2, 0.25) is 0 Å². The predicted molar refractivity (Wildman–Crippen MR) is 69.4 cm³/mol. The summed E-state index contributed by atoms with van der Waals surface area (Å²) >= 11 is 0. The molecule has 6 nitrogen and oxygen atoms in total. The zero-order valence-electron chi connectivity index (χ0n) is 11.3. The standard InChI is InChI=1S/C12H26N2O4/c1-16-8-9-18-11-10-17-7-6-14-5-3-2-4-12(13)15/h14H,2-11H2,1H3,(H2,13,15). The summed E-state index contributed by atoms with van der Waals surface area (Å²) in [4.78, 5) is 10.5. The third kappa shape index (κ3) is 15.3. The van der Waals surface area contributed by atoms with Crippen LogP contribution in [0.4, 0.5) is 0 Å². The van der Waals surface area contributed by atoms with E-state index in [2.05, 4.69) is 5.32 Å². The van der Waals surface area contributed by atoms with Crippen LogP contribution in [0, 0.1) is 0 Å². The molecular weight excluding hydrogens is 236 g/mol. The number of hydrogen-bond donors (Lipinski definition) is 2. The van der Waals surface area contributed by atoms with Gasteiger partial charge in [0.2, 0.25) is 5.91 Å². The van der Waals surface area contributed by atoms with Crippen LogP contribution >= 0.6 is 0 Å². The first kappa shape index (κ1) is 17.3. The minimum atomic E-state index is -0.230. The number of carbonyl (C=O) groups excluding carboxylic acids is 1. The molecule has 1 amide bonds. The normalized spacial score (nSPS) is 10.7. The molecular formula is C12H26N2O4. The van der Waals surface area contributed by atoms with E-state index in [4.69, 9.17) is 19.9 Å². The summed E-state index contributed by atoms with van der Waals surface area (Å²) < 4.78 is 15.4. The van der Waals surface area contributed by atoms with Gasteiger partial charge in [-0.2, -0.15) is 0 Å². The van der Waals surface area contributed by atoms with Crippen molar-refractivity contribution < 1.29 is 19.0 Å². The molecule has 18 heavy (non-hydrogen) atoms. The molecule has 0 aromatic rings. The molecule has 0 aliphatic heterocycles. The molecule has 0 aliphatic rings. The van der Waals surface area contributed by atoms with Gasteiger partial charge in [-0.05, 0) is 19.4 Å². The molecule has 0 bridgehead atoms. The lowest BCUT2D eigenvalue weighted by atomic mass is 10.2. The van der Waals surface area contributed by atoms with Crippen molar-refractivity contribution in [2.75, 3.05) is 53.2 Å². The number of methoxy groups -OCH3 is 1. The van der Waals surface area contributed by atoms with E-state index in [-0.39, 0.29) is 5.91 Å². The topological polar surface area (TPSA) is 82.8 Å². The van der Waals surface area contributed by atoms with Gasteiger partial charge in [-0.3, -0.25) is 4.79 Å². The third-order valence-corrected chi connectivity index (χ3v) is 2.25. The van der Waals surface area contributed by atoms with Gasteiger partial charge in [0.15, 0.2) is 0 Å². The van der Waals surface area contributed by atoms with E-state index in [1.165, 1.54) is 0 Å². The highest BCUT2D eigenvalue weighted by atomic mass is 16.5. The van der Waals surface area contributed by atoms with Gasteiger partial charge in [0.05, 0.1) is 33.0 Å². The van der Waals surface area contributed by atoms with Crippen LogP contribution in [0.3, 0.4) is 0 Å². The highest BCUT2D eigenvalue weighted by molar-refractivity contribution is 5.73. The summed E-state index contributed by atoms with van der Waals surface area (Å²) in [6.07, 6.45) is 2.27. The van der Waals surface area contributed by atoms with Gasteiger partial charge in [0.1, 0.15) is 0 Å². The lowest BCUT2D eigenvalue weighted by molar-refractivity contribution is -0.118. The van der Waals surface area contributed by atoms with Crippen LogP contribution in [0.25, 0.3) is 0 Å². The average Bonchev–Trinajstić information content (AvgIpc) is 2.34. The predicted octanol–water partition coefficient (Wildman–Crippen LogP) is -0.0888. The van der Waals surface area contributed by atoms with Crippen LogP contribution in [-0.4, -0.2) is 59.1 Å². The SMILES string of the molecule is COCCOCCOCCNCCCCC(N)=O. The average molecular weight is 262 g/mol. The maximum Gasteiger partial charge on any atom is 0.217 e. The van der Waals surface area contributed by atoms with Crippen molar-refractivity contribution in [1.29, 1.82) is 0 Å². The van der Waals surface area contributed by atoms with Crippen LogP contribution in [0.1, 0.15) is 19.3 Å². The Kier molecular flexibility index (Phi) is 13.8. The summed E-state index contributed by atoms with van der Waals surface area (Å²) in [5.74, 6) is -0.230. The Hall–Kier alpha value is -0.690. The Balaban J connectivity index is 2.92. The van der Waals surface area contributed by atoms with Gasteiger partial charge in [-0.1, -0.05) is 0 Å². The highest BCUT2D eigenvalue weighted by Crippen LogP contribution is 1.91. The van der Waals surface area contributed by atoms with E-state index in [9.17, 15) is 4.79 Å². The number of amides is 1. The van der Waals surface area contributed by atoms with Crippen molar-refractivity contribution in [2.45, 2.75) is 19.3 Å². The second kappa shape index (κ2) is 14.4. The molecule has 0 atom stereocenters. The molecule has 0 aromatic carbocycles. The van der Waals surface area contributed by atoms with Crippen molar-refractivity contribution in [3.63, 3.8) is 0 Å². The monoisotopic (exact) mass is 262 g/mol. The van der Waals surface area contributed by atoms with Gasteiger partial charge in [0.25, 0.3) is 0 Å². The number of nitrogens with two attached hydrogens (primary N) is 1. The number of rotatable bonds is 14. The molecule has 0 aromatic heterocycles. The molecule has 108 valence electrons. The first-order valence-corrected chi connectivity index (χ1v) is 6.41. The van der Waals surface area contributed by atoms with Crippen LogP contribution in [0.15, 0.2) is 0 Å². The van der Waals surface area contributed by atoms with E-state index < -0.39 is 0 Å². The molecule has 0 saturated carbocycles. The number of carbonyl (C=O) groups is 1. The van der Waals surface area contributed by atoms with Gasteiger partial charge in [-0.15, -0.1) is 0 Å². The van der Waals surface area contributed by atoms with E-state index >= 15 is 0 Å². The van der Waals surface area contributed by atoms with Crippen molar-refractivity contribution in [2.24, 2.45) is 5.73 Å². The molecule has 0 heterocycles. The van der Waals surface area contributed by atoms with Crippen molar-refractivity contribution in [1.82, 2.24) is 5.32 Å². The largest absolute Gasteiger partial charge is 0.382 e. The van der Waals surface area contributed by atoms with Gasteiger partial charge < -0.3 is 25.3 Å². The number of primary amides is 1. The van der Waals surface area contributed by atoms with E-state index in [0.717, 1.165) is 25.9 Å². The van der Waals surface area contributed by atoms with Crippen LogP contribution in [-0.2, 0) is 19.0 Å². The Morgan fingerprint density at radius 1 is 1.00 bits per heavy atom. The Morgan fingerprint density at radius 3 is 2.33 bits per heavy atom. The van der Waals surface area contributed by atoms with Crippen LogP contribution < -0.4 is 11.1 Å². The van der Waals surface area contributed by atoms with Crippen molar-refractivity contribution in [3.05, 3.63) is 0 Å². The third-order valence-electron chi connectivity index (χ3n) is 2.25. The minimum Gasteiger partial charge on any atom is -0.382 e. The zero-order chi connectivity index (χ0) is 13.5. The minimum absolute atomic E-state index is 0.230. The fourth-order valence-electron chi connectivity index (χ4n) is 1.28. The lowest BCUT2D eigenvalue weighted by Crippen LogP contribution is -2.22. The molecule has 3 N–H and O–H groups in total. The first-order chi connectivity index (χ1) is 8.77. The summed E-state index contributed by atoms with van der Waals surface area (Å²) in [6.45, 7) is 4.80. The van der Waals surface area contributed by atoms with Gasteiger partial charge in [0, 0.05) is 20.1 Å². The Morgan fingerprint density at radius 2 is 1.67 bits per heavy atom. The quantitative estimate of drug-likeness (QED) is 0.428. The maximum atomic E-state index is 10.5. The van der Waals surface area contributed by atoms with E-state index in [1.54, 1.807) is 7.11 Å². The summed E-state index contributed by atoms with van der Waals surface area (Å²) in [6, 6.07) is 0. The summed E-state index contributed by atoms with van der Waals surface area (Å²) in [7, 11) is 1.65. The zero-order valence-corrected chi connectivity index (χ0v) is 11.3. The lowest BCUT2D eigenvalue weighted by Gasteiger charge is -2.06. The highest BCUT2D eigenvalue weighted by Gasteiger charge is 1.94. The molecule has 0 aliphatic carbocycles. The van der Waals surface area contributed by atoms with Gasteiger partial charge in [-0.25, -0.2) is 0 Å². The second-order valence-corrected chi connectivity index (χ2v) is 3.89. The molecule has 0 unspecified atom stereocenters. The molecule has 6 heteroatoms. The van der Waals surface area contributed by atoms with Crippen molar-refractivity contribution >= 4 is 5.91 Å². The Bertz CT molecular complexity index is 191. The maximum absolute atomic E-state index is 10.5. The number of ether oxygens (including phenoxy) is 3. The van der Waals surface area contributed by atoms with Crippen LogP contribution in [0.5, 0.6) is 0 Å². The first-order valence-electron chi connectivity index (χ1n) is 6.41. The summed E-state index contributed by atoms with van der Waals surface area (Å²) in [5, 5.41) is 3.23. The molecule has 0 fully saturated rings. The van der Waals surface area contributed by atoms with E-state index in [0.29, 0.717) is 39.5 Å². The van der Waals surface area contributed by atoms with Crippen molar-refractivity contribution in [3.8, 4) is 0 Å². The molecule has 0 saturated heterocycles. The fourth-order valence-corrected chi connectivity index (χ4v) is 1.28.